The third-order valence-electron chi connectivity index (χ3n) is 1.63. The lowest BCUT2D eigenvalue weighted by Gasteiger charge is -1.96. The lowest BCUT2D eigenvalue weighted by molar-refractivity contribution is -0.139. The highest BCUT2D eigenvalue weighted by Gasteiger charge is 2.11. The number of hydrogen-bond acceptors (Lipinski definition) is 4. The molecule has 0 aliphatic carbocycles. The molecule has 7 heteroatoms. The van der Waals surface area contributed by atoms with Gasteiger partial charge in [-0.15, -0.1) is 0 Å². The van der Waals surface area contributed by atoms with Crippen molar-refractivity contribution in [1.82, 2.24) is 9.78 Å². The molecule has 0 aromatic carbocycles. The molecule has 0 atom stereocenters. The van der Waals surface area contributed by atoms with Gasteiger partial charge in [-0.3, -0.25) is 9.59 Å². The summed E-state index contributed by atoms with van der Waals surface area (Å²) in [5.41, 5.74) is 0. The molecule has 15 heavy (non-hydrogen) atoms. The third-order valence-corrected chi connectivity index (χ3v) is 1.63. The summed E-state index contributed by atoms with van der Waals surface area (Å²) >= 11 is 0. The van der Waals surface area contributed by atoms with E-state index in [4.69, 9.17) is 9.84 Å². The number of aliphatic carboxylic acids is 1. The zero-order valence-electron chi connectivity index (χ0n) is 8.35. The van der Waals surface area contributed by atoms with Crippen LogP contribution in [0.1, 0.15) is 6.42 Å². The van der Waals surface area contributed by atoms with Crippen LogP contribution in [0.2, 0.25) is 0 Å². The van der Waals surface area contributed by atoms with E-state index in [-0.39, 0.29) is 5.82 Å². The van der Waals surface area contributed by atoms with E-state index in [1.807, 2.05) is 0 Å². The maximum Gasteiger partial charge on any atom is 0.312 e. The van der Waals surface area contributed by atoms with Gasteiger partial charge in [0, 0.05) is 13.1 Å². The molecule has 0 radical (unpaired) electrons. The molecule has 1 aromatic heterocycles. The molecule has 1 amide bonds. The minimum atomic E-state index is -1.18. The minimum Gasteiger partial charge on any atom is -0.481 e. The number of nitrogens with zero attached hydrogens (tertiary/aromatic N) is 2. The molecular formula is C8H11N3O4. The highest BCUT2D eigenvalue weighted by Crippen LogP contribution is 2.14. The van der Waals surface area contributed by atoms with Crippen LogP contribution in [0.4, 0.5) is 5.82 Å². The highest BCUT2D eigenvalue weighted by atomic mass is 16.5. The SMILES string of the molecule is COc1cc(NC(=O)CC(=O)O)nn1C. The van der Waals surface area contributed by atoms with E-state index in [0.717, 1.165) is 0 Å². The largest absolute Gasteiger partial charge is 0.481 e. The fraction of sp³-hybridized carbons (Fsp3) is 0.375. The van der Waals surface area contributed by atoms with Gasteiger partial charge < -0.3 is 15.2 Å². The van der Waals surface area contributed by atoms with E-state index in [9.17, 15) is 9.59 Å². The topological polar surface area (TPSA) is 93.4 Å². The Morgan fingerprint density at radius 2 is 2.33 bits per heavy atom. The number of nitrogens with one attached hydrogen (secondary N) is 1. The van der Waals surface area contributed by atoms with Crippen LogP contribution < -0.4 is 10.1 Å². The van der Waals surface area contributed by atoms with Crippen LogP contribution in [0.15, 0.2) is 6.07 Å². The van der Waals surface area contributed by atoms with Crippen molar-refractivity contribution in [1.29, 1.82) is 0 Å². The fourth-order valence-corrected chi connectivity index (χ4v) is 1.03. The average molecular weight is 213 g/mol. The second-order valence-corrected chi connectivity index (χ2v) is 2.81. The van der Waals surface area contributed by atoms with Gasteiger partial charge in [0.15, 0.2) is 5.82 Å². The molecule has 82 valence electrons. The molecule has 0 saturated heterocycles. The first-order valence-electron chi connectivity index (χ1n) is 4.12. The van der Waals surface area contributed by atoms with Gasteiger partial charge in [0.2, 0.25) is 11.8 Å². The van der Waals surface area contributed by atoms with Crippen LogP contribution in [-0.2, 0) is 16.6 Å². The Hall–Kier alpha value is -2.05. The van der Waals surface area contributed by atoms with E-state index in [1.54, 1.807) is 7.05 Å². The standard InChI is InChI=1S/C8H11N3O4/c1-11-7(15-2)3-5(10-11)9-6(12)4-8(13)14/h3H,4H2,1-2H3,(H,13,14)(H,9,10,12). The first-order chi connectivity index (χ1) is 7.02. The van der Waals surface area contributed by atoms with Gasteiger partial charge >= 0.3 is 5.97 Å². The zero-order chi connectivity index (χ0) is 11.4. The second kappa shape index (κ2) is 4.45. The van der Waals surface area contributed by atoms with Gasteiger partial charge in [-0.2, -0.15) is 5.10 Å². The summed E-state index contributed by atoms with van der Waals surface area (Å²) in [6.45, 7) is 0. The summed E-state index contributed by atoms with van der Waals surface area (Å²) in [4.78, 5) is 21.3. The normalized spacial score (nSPS) is 9.73. The van der Waals surface area contributed by atoms with Crippen molar-refractivity contribution in [2.45, 2.75) is 6.42 Å². The van der Waals surface area contributed by atoms with Gasteiger partial charge in [0.05, 0.1) is 7.11 Å². The molecule has 1 rings (SSSR count). The molecule has 0 spiro atoms. The number of carbonyl (C=O) groups is 2. The maximum atomic E-state index is 11.0. The van der Waals surface area contributed by atoms with Crippen molar-refractivity contribution in [2.75, 3.05) is 12.4 Å². The maximum absolute atomic E-state index is 11.0. The lowest BCUT2D eigenvalue weighted by atomic mass is 10.4. The van der Waals surface area contributed by atoms with Crippen molar-refractivity contribution in [3.8, 4) is 5.88 Å². The molecule has 0 aliphatic rings. The molecular weight excluding hydrogens is 202 g/mol. The Labute approximate surface area is 85.6 Å². The molecule has 0 aliphatic heterocycles. The quantitative estimate of drug-likeness (QED) is 0.678. The van der Waals surface area contributed by atoms with Crippen molar-refractivity contribution in [3.63, 3.8) is 0 Å². The Bertz CT molecular complexity index is 385. The van der Waals surface area contributed by atoms with E-state index in [0.29, 0.717) is 5.88 Å². The smallest absolute Gasteiger partial charge is 0.312 e. The van der Waals surface area contributed by atoms with Crippen LogP contribution in [0, 0.1) is 0 Å². The van der Waals surface area contributed by atoms with Crippen LogP contribution in [0.3, 0.4) is 0 Å². The predicted octanol–water partition coefficient (Wildman–Crippen LogP) is -0.158. The number of amides is 1. The van der Waals surface area contributed by atoms with Crippen molar-refractivity contribution in [3.05, 3.63) is 6.07 Å². The molecule has 0 fully saturated rings. The number of rotatable bonds is 4. The summed E-state index contributed by atoms with van der Waals surface area (Å²) in [5.74, 6) is -1.07. The summed E-state index contributed by atoms with van der Waals surface area (Å²) in [6.07, 6.45) is -0.584. The van der Waals surface area contributed by atoms with Crippen molar-refractivity contribution in [2.24, 2.45) is 7.05 Å². The zero-order valence-corrected chi connectivity index (χ0v) is 8.35. The summed E-state index contributed by atoms with van der Waals surface area (Å²) in [5, 5.41) is 14.6. The molecule has 7 nitrogen and oxygen atoms in total. The number of anilines is 1. The van der Waals surface area contributed by atoms with E-state index < -0.39 is 18.3 Å². The monoisotopic (exact) mass is 213 g/mol. The Balaban J connectivity index is 2.64. The minimum absolute atomic E-state index is 0.264. The van der Waals surface area contributed by atoms with E-state index in [1.165, 1.54) is 17.9 Å². The molecule has 1 heterocycles. The van der Waals surface area contributed by atoms with Gasteiger partial charge in [0.25, 0.3) is 0 Å². The Morgan fingerprint density at radius 3 is 2.80 bits per heavy atom. The first kappa shape index (κ1) is 11.0. The Kier molecular flexibility index (Phi) is 3.27. The first-order valence-corrected chi connectivity index (χ1v) is 4.12. The molecule has 0 bridgehead atoms. The molecule has 2 N–H and O–H groups in total. The summed E-state index contributed by atoms with van der Waals surface area (Å²) in [7, 11) is 3.12. The van der Waals surface area contributed by atoms with Crippen LogP contribution in [0.5, 0.6) is 5.88 Å². The second-order valence-electron chi connectivity index (χ2n) is 2.81. The van der Waals surface area contributed by atoms with Crippen LogP contribution in [0.25, 0.3) is 0 Å². The van der Waals surface area contributed by atoms with Crippen molar-refractivity contribution < 1.29 is 19.4 Å². The summed E-state index contributed by atoms with van der Waals surface area (Å²) in [6, 6.07) is 1.50. The molecule has 0 saturated carbocycles. The average Bonchev–Trinajstić information content (AvgIpc) is 2.44. The fourth-order valence-electron chi connectivity index (χ4n) is 1.03. The number of carbonyl (C=O) groups excluding carboxylic acids is 1. The molecule has 1 aromatic rings. The number of ether oxygens (including phenoxy) is 1. The predicted molar refractivity (Wildman–Crippen MR) is 50.6 cm³/mol. The van der Waals surface area contributed by atoms with Crippen LogP contribution >= 0.6 is 0 Å². The van der Waals surface area contributed by atoms with E-state index >= 15 is 0 Å². The van der Waals surface area contributed by atoms with Gasteiger partial charge in [0.1, 0.15) is 6.42 Å². The van der Waals surface area contributed by atoms with E-state index in [2.05, 4.69) is 10.4 Å². The Morgan fingerprint density at radius 1 is 1.67 bits per heavy atom. The van der Waals surface area contributed by atoms with Gasteiger partial charge in [-0.1, -0.05) is 0 Å². The lowest BCUT2D eigenvalue weighted by Crippen LogP contribution is -2.16. The summed E-state index contributed by atoms with van der Waals surface area (Å²) < 4.78 is 6.35. The number of aromatic nitrogens is 2. The number of aryl methyl sites for hydroxylation is 1. The van der Waals surface area contributed by atoms with Gasteiger partial charge in [-0.05, 0) is 0 Å². The molecule has 0 unspecified atom stereocenters. The highest BCUT2D eigenvalue weighted by molar-refractivity contribution is 6.00. The third kappa shape index (κ3) is 2.97. The van der Waals surface area contributed by atoms with Crippen LogP contribution in [-0.4, -0.2) is 33.9 Å². The van der Waals surface area contributed by atoms with Crippen molar-refractivity contribution >= 4 is 17.7 Å². The number of carboxylic acid groups (broad SMARTS) is 1. The number of carboxylic acids is 1. The van der Waals surface area contributed by atoms with Gasteiger partial charge in [-0.25, -0.2) is 4.68 Å². The number of hydrogen-bond donors (Lipinski definition) is 2. The number of methoxy groups -OCH3 is 1.